The molecule has 354 valence electrons. The van der Waals surface area contributed by atoms with Crippen LogP contribution in [0.2, 0.25) is 0 Å². The van der Waals surface area contributed by atoms with Gasteiger partial charge in [-0.15, -0.1) is 0 Å². The highest BCUT2D eigenvalue weighted by Crippen LogP contribution is 2.36. The largest absolute Gasteiger partial charge is 0.492 e. The van der Waals surface area contributed by atoms with Crippen LogP contribution in [0.25, 0.3) is 0 Å². The fraction of sp³-hybridized carbons (Fsp3) is 0.826. The van der Waals surface area contributed by atoms with E-state index in [0.29, 0.717) is 91.9 Å². The smallest absolute Gasteiger partial charge is 0.239 e. The molecular weight excluding hydrogens is 777 g/mol. The highest BCUT2D eigenvalue weighted by molar-refractivity contribution is 5.79. The highest BCUT2D eigenvalue weighted by Gasteiger charge is 2.28. The van der Waals surface area contributed by atoms with Gasteiger partial charge < -0.3 is 67.9 Å². The predicted octanol–water partition coefficient (Wildman–Crippen LogP) is 4.29. The predicted molar refractivity (Wildman–Crippen MR) is 245 cm³/mol. The number of carbonyl (C=O) groups excluding carboxylic acids is 2. The Hall–Kier alpha value is -2.76. The van der Waals surface area contributed by atoms with Gasteiger partial charge in [0.2, 0.25) is 11.8 Å². The molecule has 3 aliphatic rings. The molecule has 15 nitrogen and oxygen atoms in total. The van der Waals surface area contributed by atoms with E-state index < -0.39 is 0 Å². The Morgan fingerprint density at radius 2 is 1.02 bits per heavy atom. The third-order valence-electron chi connectivity index (χ3n) is 10.1. The summed E-state index contributed by atoms with van der Waals surface area (Å²) in [5, 5.41) is 13.5. The number of hydrogen-bond donors (Lipinski definition) is 8. The fourth-order valence-corrected chi connectivity index (χ4v) is 6.57. The molecule has 3 fully saturated rings. The van der Waals surface area contributed by atoms with Crippen molar-refractivity contribution in [3.8, 4) is 0 Å². The molecule has 0 spiro atoms. The van der Waals surface area contributed by atoms with Crippen molar-refractivity contribution in [3.63, 3.8) is 0 Å². The van der Waals surface area contributed by atoms with E-state index in [4.69, 9.17) is 46.6 Å². The van der Waals surface area contributed by atoms with Crippen molar-refractivity contribution in [2.45, 2.75) is 155 Å². The van der Waals surface area contributed by atoms with Crippen LogP contribution in [0.5, 0.6) is 0 Å². The second-order valence-electron chi connectivity index (χ2n) is 17.1. The summed E-state index contributed by atoms with van der Waals surface area (Å²) >= 11 is 0. The van der Waals surface area contributed by atoms with Crippen LogP contribution in [0.3, 0.4) is 0 Å². The van der Waals surface area contributed by atoms with E-state index in [9.17, 15) is 9.59 Å². The number of nitrogens with two attached hydrogens (primary N) is 4. The van der Waals surface area contributed by atoms with E-state index in [1.165, 1.54) is 29.6 Å². The van der Waals surface area contributed by atoms with E-state index >= 15 is 0 Å². The first-order valence-corrected chi connectivity index (χ1v) is 23.6. The molecule has 0 radical (unpaired) electrons. The Labute approximate surface area is 369 Å². The SMILES string of the molecule is CC(C)(C)OC(CCOCCOCCOCCOCCNC(=C1CC1)C(CCCCN)NC(=O)CNC(=C1CC1)C(CCCCN)NC(=O)CCCN)=C1CC1.CCCCN. The average Bonchev–Trinajstić information content (AvgIpc) is 4.05. The van der Waals surface area contributed by atoms with Crippen LogP contribution in [-0.2, 0) is 33.3 Å². The van der Waals surface area contributed by atoms with Crippen molar-refractivity contribution in [3.05, 3.63) is 33.9 Å². The number of allylic oxidation sites excluding steroid dienone is 3. The summed E-state index contributed by atoms with van der Waals surface area (Å²) in [6.45, 7) is 15.9. The lowest BCUT2D eigenvalue weighted by Crippen LogP contribution is -2.47. The van der Waals surface area contributed by atoms with Crippen molar-refractivity contribution in [1.82, 2.24) is 21.3 Å². The first kappa shape index (κ1) is 54.4. The van der Waals surface area contributed by atoms with Crippen LogP contribution in [0.4, 0.5) is 0 Å². The molecule has 3 saturated carbocycles. The molecule has 3 aliphatic carbocycles. The lowest BCUT2D eigenvalue weighted by molar-refractivity contribution is -0.121. The van der Waals surface area contributed by atoms with Gasteiger partial charge in [-0.25, -0.2) is 0 Å². The molecule has 2 amide bonds. The number of carbonyl (C=O) groups is 2. The van der Waals surface area contributed by atoms with Gasteiger partial charge in [-0.05, 0) is 154 Å². The van der Waals surface area contributed by atoms with Gasteiger partial charge in [-0.3, -0.25) is 9.59 Å². The Bertz CT molecular complexity index is 1280. The molecule has 61 heavy (non-hydrogen) atoms. The molecule has 0 bridgehead atoms. The lowest BCUT2D eigenvalue weighted by atomic mass is 10.0. The van der Waals surface area contributed by atoms with E-state index in [-0.39, 0.29) is 36.0 Å². The maximum absolute atomic E-state index is 13.5. The van der Waals surface area contributed by atoms with Crippen LogP contribution in [0.15, 0.2) is 33.9 Å². The molecule has 2 unspecified atom stereocenters. The van der Waals surface area contributed by atoms with Gasteiger partial charge in [-0.1, -0.05) is 13.3 Å². The summed E-state index contributed by atoms with van der Waals surface area (Å²) in [6.07, 6.45) is 15.7. The van der Waals surface area contributed by atoms with Crippen molar-refractivity contribution in [2.24, 2.45) is 22.9 Å². The van der Waals surface area contributed by atoms with Crippen molar-refractivity contribution in [2.75, 3.05) is 92.1 Å². The number of rotatable bonds is 37. The molecule has 15 heteroatoms. The maximum Gasteiger partial charge on any atom is 0.239 e. The summed E-state index contributed by atoms with van der Waals surface area (Å²) in [4.78, 5) is 26.1. The molecule has 0 aromatic heterocycles. The number of hydrogen-bond acceptors (Lipinski definition) is 13. The van der Waals surface area contributed by atoms with Crippen molar-refractivity contribution in [1.29, 1.82) is 0 Å². The third-order valence-corrected chi connectivity index (χ3v) is 10.1. The normalized spacial score (nSPS) is 15.0. The summed E-state index contributed by atoms with van der Waals surface area (Å²) in [7, 11) is 0. The molecular formula is C46H88N8O7. The standard InChI is InChI=1S/C42H77N7O7.C4H11N/c1-42(2,3)56-37(32-12-13-32)18-23-52-25-27-54-29-30-55-28-26-53-24-22-46-40(33-14-15-33)35(9-4-6-19-43)49-39(51)31-47-41(34-16-17-34)36(10-5-7-20-44)48-38(50)11-8-21-45;1-2-3-4-5/h35-36,46-47H,4-31,43-45H2,1-3H3,(H,48,50)(H,49,51);2-5H2,1H3. The third kappa shape index (κ3) is 28.5. The average molecular weight is 865 g/mol. The van der Waals surface area contributed by atoms with Crippen LogP contribution in [0, 0.1) is 0 Å². The van der Waals surface area contributed by atoms with Gasteiger partial charge in [0, 0.05) is 30.8 Å². The maximum atomic E-state index is 13.5. The minimum absolute atomic E-state index is 0.0157. The van der Waals surface area contributed by atoms with Gasteiger partial charge in [0.1, 0.15) is 5.60 Å². The number of ether oxygens (including phenoxy) is 5. The number of amides is 2. The minimum atomic E-state index is -0.177. The fourth-order valence-electron chi connectivity index (χ4n) is 6.57. The van der Waals surface area contributed by atoms with Crippen molar-refractivity contribution < 1.29 is 33.3 Å². The minimum Gasteiger partial charge on any atom is -0.492 e. The number of unbranched alkanes of at least 4 members (excludes halogenated alkanes) is 3. The van der Waals surface area contributed by atoms with Gasteiger partial charge >= 0.3 is 0 Å². The Morgan fingerprint density at radius 3 is 1.46 bits per heavy atom. The van der Waals surface area contributed by atoms with Gasteiger partial charge in [-0.2, -0.15) is 0 Å². The van der Waals surface area contributed by atoms with E-state index in [0.717, 1.165) is 107 Å². The molecule has 2 atom stereocenters. The zero-order valence-corrected chi connectivity index (χ0v) is 38.7. The zero-order chi connectivity index (χ0) is 44.6. The van der Waals surface area contributed by atoms with Crippen LogP contribution < -0.4 is 44.2 Å². The highest BCUT2D eigenvalue weighted by atomic mass is 16.6. The molecule has 0 saturated heterocycles. The summed E-state index contributed by atoms with van der Waals surface area (Å²) in [5.41, 5.74) is 28.3. The van der Waals surface area contributed by atoms with Crippen LogP contribution in [-0.4, -0.2) is 122 Å². The first-order valence-electron chi connectivity index (χ1n) is 23.6. The first-order chi connectivity index (χ1) is 29.6. The monoisotopic (exact) mass is 865 g/mol. The van der Waals surface area contributed by atoms with Gasteiger partial charge in [0.15, 0.2) is 0 Å². The Morgan fingerprint density at radius 1 is 0.557 bits per heavy atom. The van der Waals surface area contributed by atoms with Gasteiger partial charge in [0.05, 0.1) is 77.2 Å². The summed E-state index contributed by atoms with van der Waals surface area (Å²) in [6, 6.07) is -0.296. The Kier molecular flexibility index (Phi) is 30.1. The Balaban J connectivity index is 0.00000241. The van der Waals surface area contributed by atoms with Gasteiger partial charge in [0.25, 0.3) is 0 Å². The van der Waals surface area contributed by atoms with E-state index in [2.05, 4.69) is 49.0 Å². The molecule has 0 aromatic carbocycles. The molecule has 0 aromatic rings. The summed E-state index contributed by atoms with van der Waals surface area (Å²) < 4.78 is 29.0. The van der Waals surface area contributed by atoms with Crippen LogP contribution >= 0.6 is 0 Å². The van der Waals surface area contributed by atoms with Crippen molar-refractivity contribution >= 4 is 11.8 Å². The molecule has 0 heterocycles. The van der Waals surface area contributed by atoms with Crippen LogP contribution in [0.1, 0.15) is 137 Å². The number of nitrogens with one attached hydrogen (secondary N) is 4. The second kappa shape index (κ2) is 33.8. The molecule has 3 rings (SSSR count). The molecule has 0 aliphatic heterocycles. The summed E-state index contributed by atoms with van der Waals surface area (Å²) in [5.74, 6) is 1.00. The van der Waals surface area contributed by atoms with E-state index in [1.54, 1.807) is 0 Å². The topological polar surface area (TPSA) is 232 Å². The quantitative estimate of drug-likeness (QED) is 0.0322. The van der Waals surface area contributed by atoms with E-state index in [1.807, 2.05) is 0 Å². The zero-order valence-electron chi connectivity index (χ0n) is 38.7. The lowest BCUT2D eigenvalue weighted by Gasteiger charge is -2.26. The molecule has 12 N–H and O–H groups in total. The second-order valence-corrected chi connectivity index (χ2v) is 17.1.